The first-order valence-electron chi connectivity index (χ1n) is 16.3. The molecule has 5 rings (SSSR count). The van der Waals surface area contributed by atoms with Gasteiger partial charge in [0.05, 0.1) is 18.8 Å². The number of benzene rings is 3. The third-order valence-corrected chi connectivity index (χ3v) is 8.31. The van der Waals surface area contributed by atoms with Gasteiger partial charge in [-0.2, -0.15) is 0 Å². The van der Waals surface area contributed by atoms with E-state index in [0.717, 1.165) is 11.3 Å². The summed E-state index contributed by atoms with van der Waals surface area (Å²) in [5, 5.41) is 0. The van der Waals surface area contributed by atoms with E-state index in [9.17, 15) is 9.59 Å². The van der Waals surface area contributed by atoms with E-state index in [1.807, 2.05) is 76.3 Å². The number of ether oxygens (including phenoxy) is 8. The van der Waals surface area contributed by atoms with E-state index in [4.69, 9.17) is 37.9 Å². The number of carbonyl (C=O) groups is 2. The van der Waals surface area contributed by atoms with Gasteiger partial charge in [-0.1, -0.05) is 55.5 Å². The molecule has 260 valence electrons. The maximum atomic E-state index is 13.8. The van der Waals surface area contributed by atoms with Crippen LogP contribution >= 0.6 is 0 Å². The molecular formula is C39H44O10. The molecule has 0 N–H and O–H groups in total. The second-order valence-electron chi connectivity index (χ2n) is 12.4. The fraction of sp³-hybridized carbons (Fsp3) is 0.385. The molecule has 1 saturated heterocycles. The monoisotopic (exact) mass is 672 g/mol. The summed E-state index contributed by atoms with van der Waals surface area (Å²) >= 11 is 0. The normalized spacial score (nSPS) is 23.4. The Labute approximate surface area is 287 Å². The van der Waals surface area contributed by atoms with E-state index in [-0.39, 0.29) is 30.6 Å². The van der Waals surface area contributed by atoms with E-state index in [0.29, 0.717) is 23.3 Å². The summed E-state index contributed by atoms with van der Waals surface area (Å²) in [5.74, 6) is -0.745. The summed E-state index contributed by atoms with van der Waals surface area (Å²) in [6.45, 7) is 7.57. The topological polar surface area (TPSA) is 108 Å². The van der Waals surface area contributed by atoms with Crippen LogP contribution in [0, 0.1) is 5.92 Å². The van der Waals surface area contributed by atoms with Crippen LogP contribution in [-0.4, -0.2) is 63.2 Å². The Bertz CT molecular complexity index is 1630. The highest BCUT2D eigenvalue weighted by Gasteiger charge is 2.45. The van der Waals surface area contributed by atoms with Gasteiger partial charge in [0.2, 0.25) is 0 Å². The van der Waals surface area contributed by atoms with E-state index >= 15 is 0 Å². The van der Waals surface area contributed by atoms with E-state index in [1.165, 1.54) is 7.11 Å². The zero-order chi connectivity index (χ0) is 35.0. The third-order valence-electron chi connectivity index (χ3n) is 8.31. The molecule has 2 aliphatic rings. The van der Waals surface area contributed by atoms with Gasteiger partial charge in [0, 0.05) is 19.1 Å². The highest BCUT2D eigenvalue weighted by molar-refractivity contribution is 5.97. The van der Waals surface area contributed by atoms with Crippen molar-refractivity contribution in [2.45, 2.75) is 70.9 Å². The van der Waals surface area contributed by atoms with Crippen molar-refractivity contribution in [3.05, 3.63) is 107 Å². The molecule has 0 aromatic heterocycles. The highest BCUT2D eigenvalue weighted by Crippen LogP contribution is 2.36. The Morgan fingerprint density at radius 2 is 1.67 bits per heavy atom. The van der Waals surface area contributed by atoms with E-state index in [2.05, 4.69) is 0 Å². The highest BCUT2D eigenvalue weighted by atomic mass is 16.8. The molecule has 0 radical (unpaired) electrons. The zero-order valence-corrected chi connectivity index (χ0v) is 28.8. The van der Waals surface area contributed by atoms with Crippen LogP contribution in [0.3, 0.4) is 0 Å². The Morgan fingerprint density at radius 1 is 0.918 bits per heavy atom. The lowest BCUT2D eigenvalue weighted by atomic mass is 9.98. The Hall–Kier alpha value is -4.64. The van der Waals surface area contributed by atoms with Crippen LogP contribution in [0.15, 0.2) is 85.0 Å². The number of rotatable bonds is 9. The number of carbonyl (C=O) groups excluding carboxylic acids is 2. The van der Waals surface area contributed by atoms with Crippen molar-refractivity contribution in [3.63, 3.8) is 0 Å². The predicted octanol–water partition coefficient (Wildman–Crippen LogP) is 7.16. The summed E-state index contributed by atoms with van der Waals surface area (Å²) in [6, 6.07) is 19.8. The molecule has 3 aromatic rings. The van der Waals surface area contributed by atoms with Crippen LogP contribution in [0.5, 0.6) is 17.2 Å². The fourth-order valence-corrected chi connectivity index (χ4v) is 5.58. The van der Waals surface area contributed by atoms with Gasteiger partial charge in [0.15, 0.2) is 12.6 Å². The van der Waals surface area contributed by atoms with Crippen molar-refractivity contribution in [1.29, 1.82) is 0 Å². The van der Waals surface area contributed by atoms with Crippen LogP contribution in [-0.2, 0) is 30.3 Å². The molecule has 0 saturated carbocycles. The minimum absolute atomic E-state index is 0.0901. The molecular weight excluding hydrogens is 628 g/mol. The molecule has 10 heteroatoms. The molecule has 10 nitrogen and oxygen atoms in total. The van der Waals surface area contributed by atoms with Crippen molar-refractivity contribution >= 4 is 18.0 Å². The first-order chi connectivity index (χ1) is 23.6. The number of hydrogen-bond acceptors (Lipinski definition) is 10. The largest absolute Gasteiger partial charge is 0.497 e. The minimum Gasteiger partial charge on any atom is -0.497 e. The third kappa shape index (κ3) is 9.29. The second-order valence-corrected chi connectivity index (χ2v) is 12.4. The number of hydrogen-bond donors (Lipinski definition) is 0. The van der Waals surface area contributed by atoms with Crippen molar-refractivity contribution in [3.8, 4) is 17.2 Å². The van der Waals surface area contributed by atoms with Crippen LogP contribution in [0.2, 0.25) is 0 Å². The van der Waals surface area contributed by atoms with Gasteiger partial charge in [-0.15, -0.1) is 0 Å². The van der Waals surface area contributed by atoms with Crippen molar-refractivity contribution in [2.75, 3.05) is 21.0 Å². The quantitative estimate of drug-likeness (QED) is 0.132. The first-order valence-corrected chi connectivity index (χ1v) is 16.3. The van der Waals surface area contributed by atoms with Crippen molar-refractivity contribution < 1.29 is 47.5 Å². The minimum atomic E-state index is -0.929. The Balaban J connectivity index is 1.50. The molecule has 49 heavy (non-hydrogen) atoms. The number of methoxy groups -OCH3 is 2. The number of fused-ring (bicyclic) bond motifs is 2. The molecule has 5 atom stereocenters. The molecule has 3 aromatic carbocycles. The van der Waals surface area contributed by atoms with Crippen LogP contribution < -0.4 is 14.2 Å². The van der Waals surface area contributed by atoms with Gasteiger partial charge in [-0.25, -0.2) is 9.59 Å². The maximum absolute atomic E-state index is 13.8. The van der Waals surface area contributed by atoms with Gasteiger partial charge in [-0.05, 0) is 74.7 Å². The van der Waals surface area contributed by atoms with Gasteiger partial charge in [-0.3, -0.25) is 0 Å². The van der Waals surface area contributed by atoms with E-state index in [1.54, 1.807) is 49.6 Å². The fourth-order valence-electron chi connectivity index (χ4n) is 5.58. The van der Waals surface area contributed by atoms with Crippen LogP contribution in [0.4, 0.5) is 0 Å². The molecule has 0 amide bonds. The van der Waals surface area contributed by atoms with Crippen molar-refractivity contribution in [1.82, 2.24) is 0 Å². The van der Waals surface area contributed by atoms with Gasteiger partial charge in [0.25, 0.3) is 0 Å². The average Bonchev–Trinajstić information content (AvgIpc) is 3.41. The lowest BCUT2D eigenvalue weighted by Gasteiger charge is -2.25. The molecule has 1 fully saturated rings. The molecule has 0 spiro atoms. The molecule has 0 bridgehead atoms. The Morgan fingerprint density at radius 3 is 2.39 bits per heavy atom. The smallest absolute Gasteiger partial charge is 0.342 e. The lowest BCUT2D eigenvalue weighted by molar-refractivity contribution is -0.152. The average molecular weight is 673 g/mol. The number of cyclic esters (lactones) is 1. The van der Waals surface area contributed by atoms with Gasteiger partial charge < -0.3 is 37.9 Å². The SMILES string of the molecule is COCOc1cc(OCc2ccc(OC)cc2)cc2c1C(=O)O[C@@H](C)[C@H](C)C=CC(OC(=O)c1ccccc1)[C@H]1OC(C)(C)O[C@H]1CC=C2. The van der Waals surface area contributed by atoms with Crippen molar-refractivity contribution in [2.24, 2.45) is 5.92 Å². The molecule has 1 unspecified atom stereocenters. The van der Waals surface area contributed by atoms with E-state index < -0.39 is 42.1 Å². The Kier molecular flexibility index (Phi) is 11.8. The van der Waals surface area contributed by atoms with Gasteiger partial charge in [0.1, 0.15) is 47.7 Å². The van der Waals surface area contributed by atoms with Crippen LogP contribution in [0.25, 0.3) is 6.08 Å². The molecule has 0 aliphatic carbocycles. The first kappa shape index (κ1) is 35.7. The lowest BCUT2D eigenvalue weighted by Crippen LogP contribution is -2.37. The standard InChI is InChI=1S/C39H44O10/c1-25-15-20-32(47-37(40)28-11-8-7-9-12-28)36-33(48-39(3,4)49-36)14-10-13-29-21-31(44-23-27-16-18-30(43-6)19-17-27)22-34(45-24-42-5)35(29)38(41)46-26(25)2/h7-13,15-22,25-26,32-33,36H,14,23-24H2,1-6H3/t25-,26+,32?,33+,36-/m1/s1. The zero-order valence-electron chi connectivity index (χ0n) is 28.8. The summed E-state index contributed by atoms with van der Waals surface area (Å²) in [5.41, 5.74) is 2.12. The molecule has 2 heterocycles. The summed E-state index contributed by atoms with van der Waals surface area (Å²) in [6.07, 6.45) is 5.32. The maximum Gasteiger partial charge on any atom is 0.342 e. The second kappa shape index (κ2) is 16.2. The summed E-state index contributed by atoms with van der Waals surface area (Å²) < 4.78 is 47.2. The molecule has 2 aliphatic heterocycles. The summed E-state index contributed by atoms with van der Waals surface area (Å²) in [7, 11) is 3.12. The van der Waals surface area contributed by atoms with Crippen LogP contribution in [0.1, 0.15) is 66.0 Å². The van der Waals surface area contributed by atoms with Gasteiger partial charge >= 0.3 is 11.9 Å². The predicted molar refractivity (Wildman–Crippen MR) is 183 cm³/mol. The summed E-state index contributed by atoms with van der Waals surface area (Å²) in [4.78, 5) is 27.0. The number of esters is 2.